The second-order valence-electron chi connectivity index (χ2n) is 4.63. The molecule has 0 saturated carbocycles. The Morgan fingerprint density at radius 3 is 2.67 bits per heavy atom. The van der Waals surface area contributed by atoms with Crippen LogP contribution in [0.15, 0.2) is 36.4 Å². The Morgan fingerprint density at radius 1 is 1.14 bits per heavy atom. The summed E-state index contributed by atoms with van der Waals surface area (Å²) < 4.78 is 28.7. The smallest absolute Gasteiger partial charge is 0.144 e. The van der Waals surface area contributed by atoms with Gasteiger partial charge in [-0.2, -0.15) is 0 Å². The summed E-state index contributed by atoms with van der Waals surface area (Å²) in [5, 5.41) is 0.0130. The second-order valence-corrected chi connectivity index (χ2v) is 5.31. The van der Waals surface area contributed by atoms with Crippen LogP contribution in [0.3, 0.4) is 0 Å². The SMILES string of the molecule is Fc1cccc(Cn2c(CCl)nc3cc(Cl)c(F)cc32)c1. The van der Waals surface area contributed by atoms with E-state index < -0.39 is 5.82 Å². The molecular formula is C15H10Cl2F2N2. The molecule has 1 aromatic heterocycles. The largest absolute Gasteiger partial charge is 0.322 e. The Kier molecular flexibility index (Phi) is 3.83. The van der Waals surface area contributed by atoms with E-state index in [9.17, 15) is 8.78 Å². The maximum absolute atomic E-state index is 13.7. The van der Waals surface area contributed by atoms with Crippen LogP contribution in [0.1, 0.15) is 11.4 Å². The van der Waals surface area contributed by atoms with Gasteiger partial charge in [0.05, 0.1) is 21.9 Å². The van der Waals surface area contributed by atoms with E-state index in [4.69, 9.17) is 23.2 Å². The number of rotatable bonds is 3. The number of hydrogen-bond donors (Lipinski definition) is 0. The van der Waals surface area contributed by atoms with Crippen molar-refractivity contribution in [3.8, 4) is 0 Å². The lowest BCUT2D eigenvalue weighted by Crippen LogP contribution is -2.04. The average Bonchev–Trinajstić information content (AvgIpc) is 2.77. The fourth-order valence-corrected chi connectivity index (χ4v) is 2.63. The van der Waals surface area contributed by atoms with Gasteiger partial charge in [0.25, 0.3) is 0 Å². The predicted octanol–water partition coefficient (Wildman–Crippen LogP) is 4.76. The zero-order chi connectivity index (χ0) is 15.0. The van der Waals surface area contributed by atoms with E-state index in [0.29, 0.717) is 23.4 Å². The van der Waals surface area contributed by atoms with Crippen molar-refractivity contribution in [1.82, 2.24) is 9.55 Å². The van der Waals surface area contributed by atoms with Gasteiger partial charge in [0, 0.05) is 12.6 Å². The van der Waals surface area contributed by atoms with Crippen LogP contribution < -0.4 is 0 Å². The number of hydrogen-bond acceptors (Lipinski definition) is 1. The van der Waals surface area contributed by atoms with Crippen molar-refractivity contribution in [2.75, 3.05) is 0 Å². The Hall–Kier alpha value is -1.65. The first-order chi connectivity index (χ1) is 10.1. The number of alkyl halides is 1. The maximum Gasteiger partial charge on any atom is 0.144 e. The molecule has 0 unspecified atom stereocenters. The number of nitrogens with zero attached hydrogens (tertiary/aromatic N) is 2. The standard InChI is InChI=1S/C15H10Cl2F2N2/c16-7-15-20-13-5-11(17)12(19)6-14(13)21(15)8-9-2-1-3-10(18)4-9/h1-6H,7-8H2. The Bertz CT molecular complexity index is 815. The molecule has 0 fully saturated rings. The normalized spacial score (nSPS) is 11.2. The highest BCUT2D eigenvalue weighted by Crippen LogP contribution is 2.25. The van der Waals surface area contributed by atoms with Crippen molar-refractivity contribution in [2.24, 2.45) is 0 Å². The third kappa shape index (κ3) is 2.74. The summed E-state index contributed by atoms with van der Waals surface area (Å²) >= 11 is 11.7. The summed E-state index contributed by atoms with van der Waals surface area (Å²) in [7, 11) is 0. The van der Waals surface area contributed by atoms with Crippen molar-refractivity contribution >= 4 is 34.2 Å². The number of halogens is 4. The molecule has 2 aromatic carbocycles. The molecule has 6 heteroatoms. The predicted molar refractivity (Wildman–Crippen MR) is 79.8 cm³/mol. The number of fused-ring (bicyclic) bond motifs is 1. The van der Waals surface area contributed by atoms with E-state index in [1.165, 1.54) is 24.3 Å². The van der Waals surface area contributed by atoms with Crippen LogP contribution in [-0.2, 0) is 12.4 Å². The van der Waals surface area contributed by atoms with Crippen molar-refractivity contribution in [2.45, 2.75) is 12.4 Å². The molecule has 2 nitrogen and oxygen atoms in total. The molecule has 0 radical (unpaired) electrons. The van der Waals surface area contributed by atoms with E-state index >= 15 is 0 Å². The summed E-state index contributed by atoms with van der Waals surface area (Å²) in [5.41, 5.74) is 1.89. The maximum atomic E-state index is 13.7. The first kappa shape index (κ1) is 14.3. The quantitative estimate of drug-likeness (QED) is 0.635. The van der Waals surface area contributed by atoms with Gasteiger partial charge >= 0.3 is 0 Å². The van der Waals surface area contributed by atoms with Gasteiger partial charge in [-0.3, -0.25) is 0 Å². The number of benzene rings is 2. The summed E-state index contributed by atoms with van der Waals surface area (Å²) in [6, 6.07) is 9.00. The topological polar surface area (TPSA) is 17.8 Å². The lowest BCUT2D eigenvalue weighted by molar-refractivity contribution is 0.622. The van der Waals surface area contributed by atoms with Gasteiger partial charge in [0.15, 0.2) is 0 Å². The monoisotopic (exact) mass is 326 g/mol. The van der Waals surface area contributed by atoms with E-state index in [1.807, 2.05) is 0 Å². The molecule has 0 aliphatic rings. The van der Waals surface area contributed by atoms with Crippen LogP contribution in [-0.4, -0.2) is 9.55 Å². The van der Waals surface area contributed by atoms with Gasteiger partial charge in [-0.1, -0.05) is 23.7 Å². The van der Waals surface area contributed by atoms with Crippen LogP contribution in [0.4, 0.5) is 8.78 Å². The van der Waals surface area contributed by atoms with Gasteiger partial charge in [0.2, 0.25) is 0 Å². The highest BCUT2D eigenvalue weighted by Gasteiger charge is 2.13. The molecule has 0 atom stereocenters. The molecule has 21 heavy (non-hydrogen) atoms. The van der Waals surface area contributed by atoms with Crippen molar-refractivity contribution in [3.05, 3.63) is 64.4 Å². The molecule has 0 amide bonds. The molecule has 0 N–H and O–H groups in total. The summed E-state index contributed by atoms with van der Waals surface area (Å²) in [4.78, 5) is 4.34. The van der Waals surface area contributed by atoms with Gasteiger partial charge in [-0.15, -0.1) is 11.6 Å². The molecule has 0 aliphatic heterocycles. The van der Waals surface area contributed by atoms with Crippen LogP contribution >= 0.6 is 23.2 Å². The third-order valence-electron chi connectivity index (χ3n) is 3.22. The third-order valence-corrected chi connectivity index (χ3v) is 3.75. The van der Waals surface area contributed by atoms with Gasteiger partial charge in [-0.05, 0) is 23.8 Å². The zero-order valence-corrected chi connectivity index (χ0v) is 12.3. The average molecular weight is 327 g/mol. The fraction of sp³-hybridized carbons (Fsp3) is 0.133. The Balaban J connectivity index is 2.14. The highest BCUT2D eigenvalue weighted by molar-refractivity contribution is 6.31. The molecule has 108 valence electrons. The van der Waals surface area contributed by atoms with Crippen molar-refractivity contribution < 1.29 is 8.78 Å². The molecule has 1 heterocycles. The van der Waals surface area contributed by atoms with E-state index in [2.05, 4.69) is 4.98 Å². The molecule has 3 aromatic rings. The highest BCUT2D eigenvalue weighted by atomic mass is 35.5. The zero-order valence-electron chi connectivity index (χ0n) is 10.8. The minimum Gasteiger partial charge on any atom is -0.322 e. The van der Waals surface area contributed by atoms with Crippen LogP contribution in [0, 0.1) is 11.6 Å². The molecular weight excluding hydrogens is 317 g/mol. The Labute approximate surface area is 129 Å². The number of aromatic nitrogens is 2. The molecule has 0 aliphatic carbocycles. The minimum absolute atomic E-state index is 0.0130. The Morgan fingerprint density at radius 2 is 1.95 bits per heavy atom. The number of imidazole rings is 1. The summed E-state index contributed by atoms with van der Waals surface area (Å²) in [6.07, 6.45) is 0. The van der Waals surface area contributed by atoms with Crippen molar-refractivity contribution in [1.29, 1.82) is 0 Å². The van der Waals surface area contributed by atoms with Crippen LogP contribution in [0.5, 0.6) is 0 Å². The lowest BCUT2D eigenvalue weighted by atomic mass is 10.2. The molecule has 0 saturated heterocycles. The summed E-state index contributed by atoms with van der Waals surface area (Å²) in [6.45, 7) is 0.359. The van der Waals surface area contributed by atoms with Crippen molar-refractivity contribution in [3.63, 3.8) is 0 Å². The van der Waals surface area contributed by atoms with E-state index in [0.717, 1.165) is 5.56 Å². The fourth-order valence-electron chi connectivity index (χ4n) is 2.27. The molecule has 0 bridgehead atoms. The van der Waals surface area contributed by atoms with Gasteiger partial charge in [-0.25, -0.2) is 13.8 Å². The van der Waals surface area contributed by atoms with E-state index in [1.54, 1.807) is 16.7 Å². The lowest BCUT2D eigenvalue weighted by Gasteiger charge is -2.08. The second kappa shape index (κ2) is 5.62. The first-order valence-corrected chi connectivity index (χ1v) is 7.14. The molecule has 3 rings (SSSR count). The van der Waals surface area contributed by atoms with Crippen LogP contribution in [0.2, 0.25) is 5.02 Å². The molecule has 0 spiro atoms. The van der Waals surface area contributed by atoms with Gasteiger partial charge in [0.1, 0.15) is 17.5 Å². The van der Waals surface area contributed by atoms with Crippen LogP contribution in [0.25, 0.3) is 11.0 Å². The summed E-state index contributed by atoms with van der Waals surface area (Å²) in [5.74, 6) is -0.0923. The van der Waals surface area contributed by atoms with Gasteiger partial charge < -0.3 is 4.57 Å². The van der Waals surface area contributed by atoms with E-state index in [-0.39, 0.29) is 16.7 Å². The minimum atomic E-state index is -0.523. The first-order valence-electron chi connectivity index (χ1n) is 6.23.